The average Bonchev–Trinajstić information content (AvgIpc) is 2.57. The lowest BCUT2D eigenvalue weighted by Gasteiger charge is -2.14. The Morgan fingerprint density at radius 2 is 1.79 bits per heavy atom. The molecule has 24 heavy (non-hydrogen) atoms. The van der Waals surface area contributed by atoms with Crippen LogP contribution in [0.15, 0.2) is 46.9 Å². The number of hydrogen-bond donors (Lipinski definition) is 2. The van der Waals surface area contributed by atoms with Crippen LogP contribution < -0.4 is 20.1 Å². The van der Waals surface area contributed by atoms with Crippen molar-refractivity contribution < 1.29 is 14.3 Å². The van der Waals surface area contributed by atoms with Crippen molar-refractivity contribution in [2.24, 2.45) is 0 Å². The summed E-state index contributed by atoms with van der Waals surface area (Å²) >= 11 is 3.41. The molecule has 2 N–H and O–H groups in total. The molecule has 0 aliphatic carbocycles. The molecular formula is C18H21BrN2O3. The smallest absolute Gasteiger partial charge is 0.243 e. The summed E-state index contributed by atoms with van der Waals surface area (Å²) in [5, 5.41) is 5.96. The normalized spacial score (nSPS) is 10.1. The number of benzene rings is 2. The number of carbonyl (C=O) groups is 1. The van der Waals surface area contributed by atoms with E-state index in [9.17, 15) is 4.79 Å². The minimum Gasteiger partial charge on any atom is -0.494 e. The highest BCUT2D eigenvalue weighted by Crippen LogP contribution is 2.29. The topological polar surface area (TPSA) is 59.6 Å². The number of amides is 1. The molecule has 0 atom stereocenters. The Balaban J connectivity index is 2.02. The monoisotopic (exact) mass is 392 g/mol. The molecule has 128 valence electrons. The number of hydrogen-bond acceptors (Lipinski definition) is 4. The highest BCUT2D eigenvalue weighted by Gasteiger charge is 2.09. The molecule has 0 aliphatic rings. The van der Waals surface area contributed by atoms with Crippen molar-refractivity contribution in [3.8, 4) is 11.5 Å². The summed E-state index contributed by atoms with van der Waals surface area (Å²) in [5.74, 6) is 1.27. The number of anilines is 2. The average molecular weight is 393 g/mol. The fraction of sp³-hybridized carbons (Fsp3) is 0.278. The minimum absolute atomic E-state index is 0.122. The predicted molar refractivity (Wildman–Crippen MR) is 100 cm³/mol. The number of halogens is 1. The van der Waals surface area contributed by atoms with Gasteiger partial charge in [0.1, 0.15) is 11.5 Å². The number of carbonyl (C=O) groups excluding carboxylic acids is 1. The van der Waals surface area contributed by atoms with E-state index in [1.165, 1.54) is 0 Å². The van der Waals surface area contributed by atoms with Crippen LogP contribution in [0.2, 0.25) is 0 Å². The highest BCUT2D eigenvalue weighted by molar-refractivity contribution is 9.10. The van der Waals surface area contributed by atoms with Crippen molar-refractivity contribution in [1.29, 1.82) is 0 Å². The Morgan fingerprint density at radius 1 is 1.04 bits per heavy atom. The van der Waals surface area contributed by atoms with Gasteiger partial charge in [-0.05, 0) is 54.0 Å². The minimum atomic E-state index is -0.147. The Kier molecular flexibility index (Phi) is 6.93. The summed E-state index contributed by atoms with van der Waals surface area (Å²) in [5.41, 5.74) is 1.46. The van der Waals surface area contributed by atoms with Gasteiger partial charge in [-0.25, -0.2) is 0 Å². The first-order valence-corrected chi connectivity index (χ1v) is 8.61. The Hall–Kier alpha value is -2.21. The second-order valence-electron chi connectivity index (χ2n) is 4.91. The predicted octanol–water partition coefficient (Wildman–Crippen LogP) is 4.30. The van der Waals surface area contributed by atoms with E-state index in [-0.39, 0.29) is 12.5 Å². The van der Waals surface area contributed by atoms with Gasteiger partial charge in [0, 0.05) is 10.5 Å². The molecule has 2 aromatic carbocycles. The molecule has 0 spiro atoms. The SMILES string of the molecule is CCOc1ccc(OCC)c(NCC(=O)Nc2ccccc2Br)c1. The third-order valence-corrected chi connectivity index (χ3v) is 3.84. The largest absolute Gasteiger partial charge is 0.494 e. The lowest BCUT2D eigenvalue weighted by atomic mass is 10.2. The maximum Gasteiger partial charge on any atom is 0.243 e. The zero-order chi connectivity index (χ0) is 17.4. The molecule has 0 heterocycles. The van der Waals surface area contributed by atoms with Crippen molar-refractivity contribution in [2.45, 2.75) is 13.8 Å². The van der Waals surface area contributed by atoms with E-state index in [0.29, 0.717) is 19.0 Å². The summed E-state index contributed by atoms with van der Waals surface area (Å²) in [7, 11) is 0. The van der Waals surface area contributed by atoms with Crippen LogP contribution in [0.3, 0.4) is 0 Å². The van der Waals surface area contributed by atoms with Gasteiger partial charge < -0.3 is 20.1 Å². The van der Waals surface area contributed by atoms with Gasteiger partial charge in [-0.3, -0.25) is 4.79 Å². The van der Waals surface area contributed by atoms with Gasteiger partial charge in [-0.1, -0.05) is 12.1 Å². The van der Waals surface area contributed by atoms with Crippen LogP contribution in [0, 0.1) is 0 Å². The van der Waals surface area contributed by atoms with E-state index in [1.807, 2.05) is 56.3 Å². The van der Waals surface area contributed by atoms with E-state index in [2.05, 4.69) is 26.6 Å². The molecule has 0 bridgehead atoms. The summed E-state index contributed by atoms with van der Waals surface area (Å²) in [6.45, 7) is 5.09. The number of rotatable bonds is 8. The first-order valence-electron chi connectivity index (χ1n) is 7.82. The molecule has 2 rings (SSSR count). The molecule has 5 nitrogen and oxygen atoms in total. The second-order valence-corrected chi connectivity index (χ2v) is 5.76. The third-order valence-electron chi connectivity index (χ3n) is 3.15. The van der Waals surface area contributed by atoms with Crippen LogP contribution in [0.1, 0.15) is 13.8 Å². The van der Waals surface area contributed by atoms with E-state index in [0.717, 1.165) is 21.6 Å². The summed E-state index contributed by atoms with van der Waals surface area (Å²) in [6.07, 6.45) is 0. The first kappa shape index (κ1) is 18.1. The fourth-order valence-corrected chi connectivity index (χ4v) is 2.50. The van der Waals surface area contributed by atoms with Crippen LogP contribution in [-0.4, -0.2) is 25.7 Å². The molecule has 1 amide bonds. The zero-order valence-electron chi connectivity index (χ0n) is 13.8. The lowest BCUT2D eigenvalue weighted by Crippen LogP contribution is -2.22. The molecule has 0 radical (unpaired) electrons. The molecule has 6 heteroatoms. The summed E-state index contributed by atoms with van der Waals surface area (Å²) < 4.78 is 11.9. The van der Waals surface area contributed by atoms with Gasteiger partial charge in [0.25, 0.3) is 0 Å². The van der Waals surface area contributed by atoms with E-state index >= 15 is 0 Å². The molecule has 0 aromatic heterocycles. The Bertz CT molecular complexity index is 692. The first-order chi connectivity index (χ1) is 11.6. The van der Waals surface area contributed by atoms with E-state index in [1.54, 1.807) is 0 Å². The molecule has 0 aliphatic heterocycles. The number of para-hydroxylation sites is 1. The van der Waals surface area contributed by atoms with Crippen molar-refractivity contribution >= 4 is 33.2 Å². The second kappa shape index (κ2) is 9.17. The van der Waals surface area contributed by atoms with Crippen molar-refractivity contribution in [2.75, 3.05) is 30.4 Å². The maximum absolute atomic E-state index is 12.2. The van der Waals surface area contributed by atoms with Crippen LogP contribution in [-0.2, 0) is 4.79 Å². The zero-order valence-corrected chi connectivity index (χ0v) is 15.4. The molecule has 0 saturated heterocycles. The highest BCUT2D eigenvalue weighted by atomic mass is 79.9. The fourth-order valence-electron chi connectivity index (χ4n) is 2.12. The maximum atomic E-state index is 12.2. The quantitative estimate of drug-likeness (QED) is 0.702. The van der Waals surface area contributed by atoms with Crippen LogP contribution in [0.5, 0.6) is 11.5 Å². The molecule has 2 aromatic rings. The van der Waals surface area contributed by atoms with Gasteiger partial charge in [0.05, 0.1) is 31.1 Å². The van der Waals surface area contributed by atoms with Crippen molar-refractivity contribution in [1.82, 2.24) is 0 Å². The third kappa shape index (κ3) is 5.16. The van der Waals surface area contributed by atoms with Crippen molar-refractivity contribution in [3.63, 3.8) is 0 Å². The van der Waals surface area contributed by atoms with Gasteiger partial charge in [-0.15, -0.1) is 0 Å². The van der Waals surface area contributed by atoms with E-state index in [4.69, 9.17) is 9.47 Å². The molecule has 0 saturated carbocycles. The lowest BCUT2D eigenvalue weighted by molar-refractivity contribution is -0.114. The molecule has 0 fully saturated rings. The van der Waals surface area contributed by atoms with Crippen LogP contribution in [0.4, 0.5) is 11.4 Å². The molecule has 0 unspecified atom stereocenters. The molecular weight excluding hydrogens is 372 g/mol. The van der Waals surface area contributed by atoms with Crippen LogP contribution >= 0.6 is 15.9 Å². The summed E-state index contributed by atoms with van der Waals surface area (Å²) in [6, 6.07) is 13.0. The van der Waals surface area contributed by atoms with Gasteiger partial charge in [0.15, 0.2) is 0 Å². The van der Waals surface area contributed by atoms with Gasteiger partial charge in [0.2, 0.25) is 5.91 Å². The van der Waals surface area contributed by atoms with Gasteiger partial charge in [-0.2, -0.15) is 0 Å². The standard InChI is InChI=1S/C18H21BrN2O3/c1-3-23-13-9-10-17(24-4-2)16(11-13)20-12-18(22)21-15-8-6-5-7-14(15)19/h5-11,20H,3-4,12H2,1-2H3,(H,21,22). The summed E-state index contributed by atoms with van der Waals surface area (Å²) in [4.78, 5) is 12.2. The number of nitrogens with one attached hydrogen (secondary N) is 2. The Morgan fingerprint density at radius 3 is 2.50 bits per heavy atom. The number of ether oxygens (including phenoxy) is 2. The van der Waals surface area contributed by atoms with Crippen LogP contribution in [0.25, 0.3) is 0 Å². The van der Waals surface area contributed by atoms with Gasteiger partial charge >= 0.3 is 0 Å². The van der Waals surface area contributed by atoms with Crippen molar-refractivity contribution in [3.05, 3.63) is 46.9 Å². The Labute approximate surface area is 150 Å². The van der Waals surface area contributed by atoms with E-state index < -0.39 is 0 Å².